The van der Waals surface area contributed by atoms with Crippen LogP contribution in [0.3, 0.4) is 0 Å². The number of thiophene rings is 1. The van der Waals surface area contributed by atoms with Gasteiger partial charge < -0.3 is 9.80 Å². The number of amides is 1. The molecule has 0 atom stereocenters. The van der Waals surface area contributed by atoms with Gasteiger partial charge >= 0.3 is 0 Å². The van der Waals surface area contributed by atoms with Crippen LogP contribution < -0.4 is 4.90 Å². The molecule has 3 nitrogen and oxygen atoms in total. The van der Waals surface area contributed by atoms with E-state index in [0.29, 0.717) is 6.54 Å². The molecule has 128 valence electrons. The number of rotatable bonds is 3. The molecule has 0 bridgehead atoms. The first-order valence-electron chi connectivity index (χ1n) is 8.47. The van der Waals surface area contributed by atoms with Gasteiger partial charge in [0.1, 0.15) is 5.82 Å². The lowest BCUT2D eigenvalue weighted by Crippen LogP contribution is -2.34. The van der Waals surface area contributed by atoms with Crippen LogP contribution in [0.4, 0.5) is 10.1 Å². The fourth-order valence-electron chi connectivity index (χ4n) is 3.16. The Labute approximate surface area is 146 Å². The van der Waals surface area contributed by atoms with Crippen LogP contribution in [-0.2, 0) is 6.42 Å². The van der Waals surface area contributed by atoms with E-state index in [1.54, 1.807) is 11.3 Å². The lowest BCUT2D eigenvalue weighted by molar-refractivity contribution is 0.0772. The third-order valence-electron chi connectivity index (χ3n) is 4.59. The van der Waals surface area contributed by atoms with Gasteiger partial charge in [-0.25, -0.2) is 4.39 Å². The van der Waals surface area contributed by atoms with Crippen molar-refractivity contribution in [2.24, 2.45) is 0 Å². The second kappa shape index (κ2) is 7.34. The minimum absolute atomic E-state index is 0.142. The monoisotopic (exact) mass is 346 g/mol. The standard InChI is InChI=1S/C19H23FN2OS/c1-3-15-13-18(24-14(15)2)19(23)22-10-4-9-21(11-12-22)17-7-5-16(20)6-8-17/h5-8,13H,3-4,9-12H2,1-2H3. The normalized spacial score (nSPS) is 15.5. The van der Waals surface area contributed by atoms with Gasteiger partial charge in [0, 0.05) is 36.7 Å². The first kappa shape index (κ1) is 17.0. The summed E-state index contributed by atoms with van der Waals surface area (Å²) in [6.45, 7) is 7.35. The molecule has 24 heavy (non-hydrogen) atoms. The smallest absolute Gasteiger partial charge is 0.263 e. The van der Waals surface area contributed by atoms with Gasteiger partial charge in [0.25, 0.3) is 5.91 Å². The van der Waals surface area contributed by atoms with E-state index in [1.165, 1.54) is 22.6 Å². The van der Waals surface area contributed by atoms with Gasteiger partial charge in [0.15, 0.2) is 0 Å². The van der Waals surface area contributed by atoms with E-state index in [1.807, 2.05) is 23.1 Å². The molecule has 1 fully saturated rings. The van der Waals surface area contributed by atoms with Crippen molar-refractivity contribution in [2.75, 3.05) is 31.1 Å². The molecule has 0 aliphatic carbocycles. The van der Waals surface area contributed by atoms with Crippen LogP contribution in [0.15, 0.2) is 30.3 Å². The number of carbonyl (C=O) groups excluding carboxylic acids is 1. The number of hydrogen-bond donors (Lipinski definition) is 0. The van der Waals surface area contributed by atoms with Crippen LogP contribution in [0, 0.1) is 12.7 Å². The van der Waals surface area contributed by atoms with Crippen molar-refractivity contribution in [3.8, 4) is 0 Å². The number of aryl methyl sites for hydroxylation is 2. The molecule has 0 saturated carbocycles. The summed E-state index contributed by atoms with van der Waals surface area (Å²) in [4.78, 5) is 19.1. The van der Waals surface area contributed by atoms with Crippen molar-refractivity contribution in [1.29, 1.82) is 0 Å². The van der Waals surface area contributed by atoms with Crippen molar-refractivity contribution < 1.29 is 9.18 Å². The van der Waals surface area contributed by atoms with Crippen LogP contribution in [0.25, 0.3) is 0 Å². The van der Waals surface area contributed by atoms with Crippen LogP contribution >= 0.6 is 11.3 Å². The van der Waals surface area contributed by atoms with Crippen molar-refractivity contribution in [3.63, 3.8) is 0 Å². The van der Waals surface area contributed by atoms with Gasteiger partial charge in [-0.05, 0) is 55.7 Å². The van der Waals surface area contributed by atoms with E-state index in [-0.39, 0.29) is 11.7 Å². The molecule has 1 amide bonds. The summed E-state index contributed by atoms with van der Waals surface area (Å²) in [5.74, 6) is -0.0751. The van der Waals surface area contributed by atoms with Crippen LogP contribution in [0.1, 0.15) is 33.5 Å². The Balaban J connectivity index is 1.68. The van der Waals surface area contributed by atoms with Crippen LogP contribution in [0.2, 0.25) is 0 Å². The summed E-state index contributed by atoms with van der Waals surface area (Å²) in [5.41, 5.74) is 2.29. The Morgan fingerprint density at radius 2 is 1.92 bits per heavy atom. The summed E-state index contributed by atoms with van der Waals surface area (Å²) < 4.78 is 13.1. The predicted octanol–water partition coefficient (Wildman–Crippen LogP) is 4.11. The zero-order valence-corrected chi connectivity index (χ0v) is 15.0. The number of halogens is 1. The van der Waals surface area contributed by atoms with Gasteiger partial charge in [0.05, 0.1) is 4.88 Å². The molecular formula is C19H23FN2OS. The van der Waals surface area contributed by atoms with E-state index in [4.69, 9.17) is 0 Å². The van der Waals surface area contributed by atoms with Gasteiger partial charge in [-0.15, -0.1) is 11.3 Å². The van der Waals surface area contributed by atoms with Gasteiger partial charge in [-0.2, -0.15) is 0 Å². The summed E-state index contributed by atoms with van der Waals surface area (Å²) in [6, 6.07) is 8.64. The molecule has 0 radical (unpaired) electrons. The van der Waals surface area contributed by atoms with E-state index in [0.717, 1.165) is 43.0 Å². The third-order valence-corrected chi connectivity index (χ3v) is 5.67. The summed E-state index contributed by atoms with van der Waals surface area (Å²) in [7, 11) is 0. The Morgan fingerprint density at radius 1 is 1.17 bits per heavy atom. The maximum Gasteiger partial charge on any atom is 0.263 e. The highest BCUT2D eigenvalue weighted by Crippen LogP contribution is 2.24. The largest absolute Gasteiger partial charge is 0.370 e. The highest BCUT2D eigenvalue weighted by Gasteiger charge is 2.22. The molecule has 0 spiro atoms. The molecule has 1 saturated heterocycles. The van der Waals surface area contributed by atoms with E-state index >= 15 is 0 Å². The number of hydrogen-bond acceptors (Lipinski definition) is 3. The lowest BCUT2D eigenvalue weighted by Gasteiger charge is -2.23. The van der Waals surface area contributed by atoms with Crippen LogP contribution in [-0.4, -0.2) is 37.0 Å². The zero-order chi connectivity index (χ0) is 17.1. The first-order chi connectivity index (χ1) is 11.6. The Kier molecular flexibility index (Phi) is 5.19. The highest BCUT2D eigenvalue weighted by atomic mass is 32.1. The fourth-order valence-corrected chi connectivity index (χ4v) is 4.24. The zero-order valence-electron chi connectivity index (χ0n) is 14.2. The summed E-state index contributed by atoms with van der Waals surface area (Å²) in [6.07, 6.45) is 1.89. The Hall–Kier alpha value is -1.88. The predicted molar refractivity (Wildman–Crippen MR) is 97.6 cm³/mol. The van der Waals surface area contributed by atoms with E-state index in [9.17, 15) is 9.18 Å². The van der Waals surface area contributed by atoms with E-state index < -0.39 is 0 Å². The molecule has 0 unspecified atom stereocenters. The van der Waals surface area contributed by atoms with Crippen molar-refractivity contribution >= 4 is 22.9 Å². The second-order valence-corrected chi connectivity index (χ2v) is 7.41. The van der Waals surface area contributed by atoms with Crippen molar-refractivity contribution in [1.82, 2.24) is 4.90 Å². The van der Waals surface area contributed by atoms with Gasteiger partial charge in [-0.1, -0.05) is 6.92 Å². The highest BCUT2D eigenvalue weighted by molar-refractivity contribution is 7.14. The molecule has 1 aromatic heterocycles. The summed E-state index contributed by atoms with van der Waals surface area (Å²) >= 11 is 1.60. The van der Waals surface area contributed by atoms with Crippen LogP contribution in [0.5, 0.6) is 0 Å². The SMILES string of the molecule is CCc1cc(C(=O)N2CCCN(c3ccc(F)cc3)CC2)sc1C. The average Bonchev–Trinajstić information content (AvgIpc) is 2.81. The molecular weight excluding hydrogens is 323 g/mol. The maximum atomic E-state index is 13.1. The number of nitrogens with zero attached hydrogens (tertiary/aromatic N) is 2. The molecule has 0 N–H and O–H groups in total. The van der Waals surface area contributed by atoms with Crippen molar-refractivity contribution in [2.45, 2.75) is 26.7 Å². The molecule has 3 rings (SSSR count). The minimum atomic E-state index is -0.217. The molecule has 1 aromatic carbocycles. The summed E-state index contributed by atoms with van der Waals surface area (Å²) in [5, 5.41) is 0. The maximum absolute atomic E-state index is 13.1. The topological polar surface area (TPSA) is 23.6 Å². The number of carbonyl (C=O) groups is 1. The third kappa shape index (κ3) is 3.61. The fraction of sp³-hybridized carbons (Fsp3) is 0.421. The van der Waals surface area contributed by atoms with Gasteiger partial charge in [0.2, 0.25) is 0 Å². The molecule has 2 heterocycles. The second-order valence-electron chi connectivity index (χ2n) is 6.15. The number of benzene rings is 1. The Morgan fingerprint density at radius 3 is 2.58 bits per heavy atom. The Bertz CT molecular complexity index is 711. The number of anilines is 1. The average molecular weight is 346 g/mol. The minimum Gasteiger partial charge on any atom is -0.370 e. The van der Waals surface area contributed by atoms with E-state index in [2.05, 4.69) is 18.7 Å². The van der Waals surface area contributed by atoms with Crippen molar-refractivity contribution in [3.05, 3.63) is 51.5 Å². The lowest BCUT2D eigenvalue weighted by atomic mass is 10.2. The molecule has 1 aliphatic rings. The van der Waals surface area contributed by atoms with Gasteiger partial charge in [-0.3, -0.25) is 4.79 Å². The molecule has 5 heteroatoms. The molecule has 2 aromatic rings. The molecule has 1 aliphatic heterocycles. The quantitative estimate of drug-likeness (QED) is 0.835. The first-order valence-corrected chi connectivity index (χ1v) is 9.29.